The highest BCUT2D eigenvalue weighted by Gasteiger charge is 2.33. The van der Waals surface area contributed by atoms with Gasteiger partial charge >= 0.3 is 0 Å². The van der Waals surface area contributed by atoms with E-state index in [1.807, 2.05) is 6.07 Å². The topological polar surface area (TPSA) is 148 Å². The lowest BCUT2D eigenvalue weighted by atomic mass is 9.81. The molecular weight excluding hydrogens is 722 g/mol. The van der Waals surface area contributed by atoms with Crippen molar-refractivity contribution in [3.8, 4) is 50.9 Å². The van der Waals surface area contributed by atoms with Gasteiger partial charge in [-0.15, -0.1) is 0 Å². The number of benzene rings is 3. The van der Waals surface area contributed by atoms with Gasteiger partial charge in [0.2, 0.25) is 0 Å². The van der Waals surface area contributed by atoms with Crippen molar-refractivity contribution < 1.29 is 37.3 Å². The second kappa shape index (κ2) is 16.8. The Morgan fingerprint density at radius 3 is 2.43 bits per heavy atom. The molecule has 0 bridgehead atoms. The Morgan fingerprint density at radius 2 is 1.71 bits per heavy atom. The van der Waals surface area contributed by atoms with Crippen LogP contribution in [0.1, 0.15) is 28.8 Å². The van der Waals surface area contributed by atoms with Gasteiger partial charge < -0.3 is 34.0 Å². The van der Waals surface area contributed by atoms with Gasteiger partial charge in [-0.3, -0.25) is 9.59 Å². The number of nitriles is 1. The average molecular weight is 763 g/mol. The number of carbonyl (C=O) groups excluding carboxylic acids is 1. The van der Waals surface area contributed by atoms with E-state index in [1.54, 1.807) is 41.2 Å². The summed E-state index contributed by atoms with van der Waals surface area (Å²) in [7, 11) is 1.54. The molecule has 3 aromatic carbocycles. The van der Waals surface area contributed by atoms with E-state index >= 15 is 4.39 Å². The molecule has 7 rings (SSSR count). The number of ketones is 1. The van der Waals surface area contributed by atoms with E-state index in [-0.39, 0.29) is 41.6 Å². The highest BCUT2D eigenvalue weighted by molar-refractivity contribution is 5.98. The van der Waals surface area contributed by atoms with Crippen LogP contribution in [0.3, 0.4) is 0 Å². The number of Topliss-reactive ketones (excluding diaryl/α,β-unsaturated/α-hetero) is 1. The smallest absolute Gasteiger partial charge is 0.200 e. The second-order valence-corrected chi connectivity index (χ2v) is 13.9. The minimum atomic E-state index is -0.759. The molecule has 1 atom stereocenters. The molecule has 288 valence electrons. The summed E-state index contributed by atoms with van der Waals surface area (Å²) in [6.45, 7) is 2.87. The number of pyridine rings is 2. The second-order valence-electron chi connectivity index (χ2n) is 13.9. The van der Waals surface area contributed by atoms with E-state index in [0.29, 0.717) is 86.2 Å². The molecule has 2 aliphatic heterocycles. The summed E-state index contributed by atoms with van der Waals surface area (Å²) >= 11 is 0. The number of nitrogen functional groups attached to an aromatic ring is 1. The van der Waals surface area contributed by atoms with E-state index in [2.05, 4.69) is 11.1 Å². The van der Waals surface area contributed by atoms with E-state index in [9.17, 15) is 19.2 Å². The monoisotopic (exact) mass is 762 g/mol. The molecule has 0 unspecified atom stereocenters. The van der Waals surface area contributed by atoms with Crippen LogP contribution in [0.4, 0.5) is 14.6 Å². The zero-order valence-corrected chi connectivity index (χ0v) is 30.8. The van der Waals surface area contributed by atoms with Crippen LogP contribution in [0.5, 0.6) is 11.5 Å². The molecule has 5 aromatic rings. The lowest BCUT2D eigenvalue weighted by Crippen LogP contribution is -2.33. The molecule has 2 aliphatic rings. The maximum absolute atomic E-state index is 15.9. The molecule has 0 saturated carbocycles. The summed E-state index contributed by atoms with van der Waals surface area (Å²) in [6.07, 6.45) is 5.13. The van der Waals surface area contributed by atoms with Crippen LogP contribution in [0.2, 0.25) is 0 Å². The number of hydrogen-bond acceptors (Lipinski definition) is 10. The van der Waals surface area contributed by atoms with Crippen molar-refractivity contribution in [3.05, 3.63) is 118 Å². The zero-order chi connectivity index (χ0) is 39.2. The fourth-order valence-electron chi connectivity index (χ4n) is 6.97. The Bertz CT molecular complexity index is 2330. The standard InChI is InChI=1S/C43H40F2N4O7/c1-52-40-19-29(5-9-39(40)56-24-32-23-54-14-15-55-32)30-18-34(42(47)48-20-30)33-8-2-27(16-37(33)45)17-38(50)36-22-49(26-43(25-46)10-12-53-13-11-43)21-35(41(36)51)28-3-6-31(44)7-4-28/h2-9,16,18-22,32H,10-15,17,23-24,26H2,1H3,(H2,47,48)/t32-/m1/s1. The molecule has 2 N–H and O–H groups in total. The van der Waals surface area contributed by atoms with Crippen molar-refractivity contribution in [2.75, 3.05) is 52.5 Å². The Balaban J connectivity index is 1.13. The fraction of sp³-hybridized carbons (Fsp3) is 0.302. The normalized spacial score (nSPS) is 16.5. The third-order valence-electron chi connectivity index (χ3n) is 10.1. The van der Waals surface area contributed by atoms with Crippen molar-refractivity contribution in [1.82, 2.24) is 9.55 Å². The molecule has 13 heteroatoms. The first-order valence-electron chi connectivity index (χ1n) is 18.2. The molecule has 11 nitrogen and oxygen atoms in total. The highest BCUT2D eigenvalue weighted by Crippen LogP contribution is 2.37. The van der Waals surface area contributed by atoms with Crippen LogP contribution in [0.15, 0.2) is 90.1 Å². The number of aromatic nitrogens is 2. The largest absolute Gasteiger partial charge is 0.493 e. The molecule has 0 amide bonds. The van der Waals surface area contributed by atoms with Crippen LogP contribution in [0, 0.1) is 28.4 Å². The van der Waals surface area contributed by atoms with Gasteiger partial charge in [0, 0.05) is 67.0 Å². The van der Waals surface area contributed by atoms with Crippen LogP contribution < -0.4 is 20.6 Å². The third kappa shape index (κ3) is 8.48. The average Bonchev–Trinajstić information content (AvgIpc) is 3.22. The summed E-state index contributed by atoms with van der Waals surface area (Å²) in [5, 5.41) is 10.1. The van der Waals surface area contributed by atoms with E-state index in [1.165, 1.54) is 49.7 Å². The number of halogens is 2. The van der Waals surface area contributed by atoms with Gasteiger partial charge in [0.05, 0.1) is 44.0 Å². The van der Waals surface area contributed by atoms with Gasteiger partial charge in [0.15, 0.2) is 22.7 Å². The molecule has 56 heavy (non-hydrogen) atoms. The van der Waals surface area contributed by atoms with Crippen molar-refractivity contribution in [2.45, 2.75) is 31.9 Å². The van der Waals surface area contributed by atoms with E-state index in [0.717, 1.165) is 5.56 Å². The Morgan fingerprint density at radius 1 is 0.929 bits per heavy atom. The Kier molecular flexibility index (Phi) is 11.5. The van der Waals surface area contributed by atoms with Gasteiger partial charge in [0.25, 0.3) is 0 Å². The zero-order valence-electron chi connectivity index (χ0n) is 30.8. The summed E-state index contributed by atoms with van der Waals surface area (Å²) in [4.78, 5) is 32.0. The predicted molar refractivity (Wildman–Crippen MR) is 204 cm³/mol. The lowest BCUT2D eigenvalue weighted by Gasteiger charge is -2.31. The van der Waals surface area contributed by atoms with Gasteiger partial charge in [-0.25, -0.2) is 13.8 Å². The van der Waals surface area contributed by atoms with Crippen LogP contribution in [0.25, 0.3) is 33.4 Å². The van der Waals surface area contributed by atoms with Gasteiger partial charge in [-0.1, -0.05) is 30.3 Å². The maximum atomic E-state index is 15.9. The minimum Gasteiger partial charge on any atom is -0.493 e. The number of rotatable bonds is 12. The first-order chi connectivity index (χ1) is 27.1. The summed E-state index contributed by atoms with van der Waals surface area (Å²) in [6, 6.07) is 19.3. The molecule has 2 fully saturated rings. The first-order valence-corrected chi connectivity index (χ1v) is 18.2. The molecule has 4 heterocycles. The number of nitrogens with zero attached hydrogens (tertiary/aromatic N) is 3. The van der Waals surface area contributed by atoms with Crippen LogP contribution in [-0.4, -0.2) is 68.2 Å². The van der Waals surface area contributed by atoms with E-state index in [4.69, 9.17) is 29.4 Å². The number of hydrogen-bond donors (Lipinski definition) is 1. The van der Waals surface area contributed by atoms with Gasteiger partial charge in [-0.05, 0) is 65.9 Å². The number of methoxy groups -OCH3 is 1. The number of nitrogens with two attached hydrogens (primary N) is 1. The summed E-state index contributed by atoms with van der Waals surface area (Å²) in [5.41, 5.74) is 7.67. The molecule has 0 aliphatic carbocycles. The third-order valence-corrected chi connectivity index (χ3v) is 10.1. The maximum Gasteiger partial charge on any atom is 0.200 e. The predicted octanol–water partition coefficient (Wildman–Crippen LogP) is 6.65. The van der Waals surface area contributed by atoms with Crippen molar-refractivity contribution >= 4 is 11.6 Å². The quantitative estimate of drug-likeness (QED) is 0.137. The molecule has 0 radical (unpaired) electrons. The summed E-state index contributed by atoms with van der Waals surface area (Å²) < 4.78 is 59.5. The Labute approximate surface area is 322 Å². The SMILES string of the molecule is COc1cc(-c2cnc(N)c(-c3ccc(CC(=O)c4cn(CC5(C#N)CCOCC5)cc(-c5ccc(F)cc5)c4=O)cc3F)c2)ccc1OC[C@H]1COCCO1. The number of carbonyl (C=O) groups is 1. The molecular formula is C43H40F2N4O7. The molecule has 2 saturated heterocycles. The Hall–Kier alpha value is -5.94. The van der Waals surface area contributed by atoms with Gasteiger partial charge in [-0.2, -0.15) is 5.26 Å². The highest BCUT2D eigenvalue weighted by atomic mass is 19.1. The van der Waals surface area contributed by atoms with Crippen LogP contribution >= 0.6 is 0 Å². The number of ether oxygens (including phenoxy) is 5. The van der Waals surface area contributed by atoms with E-state index < -0.39 is 28.3 Å². The fourth-order valence-corrected chi connectivity index (χ4v) is 6.97. The van der Waals surface area contributed by atoms with Gasteiger partial charge in [0.1, 0.15) is 30.2 Å². The number of anilines is 1. The summed E-state index contributed by atoms with van der Waals surface area (Å²) in [5.74, 6) is -0.529. The van der Waals surface area contributed by atoms with Crippen molar-refractivity contribution in [3.63, 3.8) is 0 Å². The van der Waals surface area contributed by atoms with Crippen LogP contribution in [-0.2, 0) is 27.2 Å². The lowest BCUT2D eigenvalue weighted by molar-refractivity contribution is -0.101. The van der Waals surface area contributed by atoms with Crippen molar-refractivity contribution in [2.24, 2.45) is 5.41 Å². The molecule has 0 spiro atoms. The molecule has 2 aromatic heterocycles. The van der Waals surface area contributed by atoms with Crippen molar-refractivity contribution in [1.29, 1.82) is 5.26 Å². The minimum absolute atomic E-state index is 0.107. The first kappa shape index (κ1) is 38.3.